The van der Waals surface area contributed by atoms with E-state index in [2.05, 4.69) is 31.0 Å². The Morgan fingerprint density at radius 3 is 2.23 bits per heavy atom. The predicted octanol–water partition coefficient (Wildman–Crippen LogP) is 3.15. The summed E-state index contributed by atoms with van der Waals surface area (Å²) in [5, 5.41) is 6.74. The largest absolute Gasteiger partial charge is 0.281 e. The van der Waals surface area contributed by atoms with Crippen molar-refractivity contribution in [1.82, 2.24) is 10.2 Å². The second-order valence-electron chi connectivity index (χ2n) is 6.50. The van der Waals surface area contributed by atoms with E-state index in [0.29, 0.717) is 17.1 Å². The van der Waals surface area contributed by atoms with Crippen LogP contribution in [0.1, 0.15) is 37.7 Å². The van der Waals surface area contributed by atoms with Gasteiger partial charge in [0, 0.05) is 7.05 Å². The fourth-order valence-electron chi connectivity index (χ4n) is 2.57. The van der Waals surface area contributed by atoms with Crippen LogP contribution < -0.4 is 4.31 Å². The molecular formula is C16H23N3O2S. The normalized spacial score (nSPS) is 12.5. The Morgan fingerprint density at radius 1 is 1.14 bits per heavy atom. The Labute approximate surface area is 132 Å². The molecule has 0 bridgehead atoms. The molecule has 6 heteroatoms. The maximum atomic E-state index is 13.0. The summed E-state index contributed by atoms with van der Waals surface area (Å²) in [5.74, 6) is 0. The summed E-state index contributed by atoms with van der Waals surface area (Å²) >= 11 is 0. The van der Waals surface area contributed by atoms with E-state index in [0.717, 1.165) is 5.56 Å². The van der Waals surface area contributed by atoms with E-state index < -0.39 is 10.0 Å². The molecule has 0 atom stereocenters. The number of rotatable bonds is 3. The molecule has 2 aromatic rings. The van der Waals surface area contributed by atoms with E-state index in [-0.39, 0.29) is 10.3 Å². The molecule has 0 radical (unpaired) electrons. The van der Waals surface area contributed by atoms with Crippen molar-refractivity contribution >= 4 is 15.7 Å². The third kappa shape index (κ3) is 2.75. The molecule has 0 amide bonds. The number of hydrogen-bond donors (Lipinski definition) is 1. The molecule has 0 fully saturated rings. The highest BCUT2D eigenvalue weighted by Crippen LogP contribution is 2.34. The molecule has 22 heavy (non-hydrogen) atoms. The van der Waals surface area contributed by atoms with Crippen LogP contribution in [0.4, 0.5) is 5.69 Å². The molecule has 0 unspecified atom stereocenters. The van der Waals surface area contributed by atoms with Gasteiger partial charge in [-0.25, -0.2) is 8.42 Å². The van der Waals surface area contributed by atoms with Gasteiger partial charge in [-0.05, 0) is 30.9 Å². The lowest BCUT2D eigenvalue weighted by atomic mass is 9.86. The number of hydrogen-bond acceptors (Lipinski definition) is 3. The molecule has 1 aromatic heterocycles. The highest BCUT2D eigenvalue weighted by Gasteiger charge is 2.30. The van der Waals surface area contributed by atoms with E-state index in [9.17, 15) is 8.42 Å². The minimum absolute atomic E-state index is 0.152. The van der Waals surface area contributed by atoms with Crippen LogP contribution in [0.25, 0.3) is 0 Å². The fourth-order valence-corrected chi connectivity index (χ4v) is 4.11. The molecule has 0 saturated heterocycles. The standard InChI is InChI=1S/C16H23N3O2S/c1-11-15(12(2)18-17-11)22(20,21)19(6)14-10-8-7-9-13(14)16(3,4)5/h7-10H,1-6H3,(H,17,18). The third-order valence-electron chi connectivity index (χ3n) is 3.73. The number of nitrogens with zero attached hydrogens (tertiary/aromatic N) is 2. The van der Waals surface area contributed by atoms with Crippen LogP contribution in [-0.2, 0) is 15.4 Å². The van der Waals surface area contributed by atoms with Gasteiger partial charge in [-0.2, -0.15) is 5.10 Å². The van der Waals surface area contributed by atoms with Gasteiger partial charge >= 0.3 is 0 Å². The number of H-pyrrole nitrogens is 1. The molecule has 0 aliphatic heterocycles. The van der Waals surface area contributed by atoms with Crippen LogP contribution in [0.3, 0.4) is 0 Å². The van der Waals surface area contributed by atoms with Crippen molar-refractivity contribution in [1.29, 1.82) is 0 Å². The first-order valence-electron chi connectivity index (χ1n) is 7.17. The lowest BCUT2D eigenvalue weighted by Gasteiger charge is -2.28. The van der Waals surface area contributed by atoms with Gasteiger partial charge in [-0.3, -0.25) is 9.40 Å². The van der Waals surface area contributed by atoms with Crippen molar-refractivity contribution in [3.63, 3.8) is 0 Å². The van der Waals surface area contributed by atoms with E-state index in [1.807, 2.05) is 24.3 Å². The zero-order valence-corrected chi connectivity index (χ0v) is 14.7. The van der Waals surface area contributed by atoms with Crippen LogP contribution in [0, 0.1) is 13.8 Å². The number of sulfonamides is 1. The van der Waals surface area contributed by atoms with Crippen molar-refractivity contribution in [3.8, 4) is 0 Å². The van der Waals surface area contributed by atoms with E-state index in [1.165, 1.54) is 4.31 Å². The SMILES string of the molecule is Cc1n[nH]c(C)c1S(=O)(=O)N(C)c1ccccc1C(C)(C)C. The number of aromatic nitrogens is 2. The molecular weight excluding hydrogens is 298 g/mol. The van der Waals surface area contributed by atoms with Crippen LogP contribution in [-0.4, -0.2) is 25.7 Å². The molecule has 2 rings (SSSR count). The van der Waals surface area contributed by atoms with Gasteiger partial charge in [-0.15, -0.1) is 0 Å². The van der Waals surface area contributed by atoms with Crippen molar-refractivity contribution < 1.29 is 8.42 Å². The summed E-state index contributed by atoms with van der Waals surface area (Å²) in [4.78, 5) is 0.249. The van der Waals surface area contributed by atoms with Gasteiger partial charge in [0.2, 0.25) is 0 Å². The lowest BCUT2D eigenvalue weighted by molar-refractivity contribution is 0.584. The minimum atomic E-state index is -3.65. The highest BCUT2D eigenvalue weighted by atomic mass is 32.2. The minimum Gasteiger partial charge on any atom is -0.281 e. The van der Waals surface area contributed by atoms with Gasteiger partial charge in [0.1, 0.15) is 4.90 Å². The van der Waals surface area contributed by atoms with Crippen molar-refractivity contribution in [3.05, 3.63) is 41.2 Å². The van der Waals surface area contributed by atoms with Crippen molar-refractivity contribution in [2.24, 2.45) is 0 Å². The number of anilines is 1. The van der Waals surface area contributed by atoms with Gasteiger partial charge in [-0.1, -0.05) is 39.0 Å². The quantitative estimate of drug-likeness (QED) is 0.944. The zero-order chi connectivity index (χ0) is 16.7. The molecule has 1 N–H and O–H groups in total. The number of aryl methyl sites for hydroxylation is 2. The second kappa shape index (κ2) is 5.43. The summed E-state index contributed by atoms with van der Waals surface area (Å²) in [6.07, 6.45) is 0. The van der Waals surface area contributed by atoms with Gasteiger partial charge < -0.3 is 0 Å². The molecule has 0 saturated carbocycles. The Bertz CT molecular complexity index is 766. The monoisotopic (exact) mass is 321 g/mol. The highest BCUT2D eigenvalue weighted by molar-refractivity contribution is 7.92. The average Bonchev–Trinajstić information content (AvgIpc) is 2.77. The Kier molecular flexibility index (Phi) is 4.08. The second-order valence-corrected chi connectivity index (χ2v) is 8.41. The molecule has 1 heterocycles. The summed E-state index contributed by atoms with van der Waals surface area (Å²) in [6, 6.07) is 7.59. The number of nitrogens with one attached hydrogen (secondary N) is 1. The third-order valence-corrected chi connectivity index (χ3v) is 5.77. The van der Waals surface area contributed by atoms with Gasteiger partial charge in [0.15, 0.2) is 0 Å². The van der Waals surface area contributed by atoms with Crippen LogP contribution in [0.15, 0.2) is 29.2 Å². The first-order chi connectivity index (χ1) is 10.1. The lowest BCUT2D eigenvalue weighted by Crippen LogP contribution is -2.30. The van der Waals surface area contributed by atoms with E-state index in [4.69, 9.17) is 0 Å². The van der Waals surface area contributed by atoms with Gasteiger partial charge in [0.25, 0.3) is 10.0 Å². The first kappa shape index (κ1) is 16.5. The number of benzene rings is 1. The molecule has 0 aliphatic carbocycles. The van der Waals surface area contributed by atoms with Crippen LogP contribution in [0.2, 0.25) is 0 Å². The zero-order valence-electron chi connectivity index (χ0n) is 13.9. The van der Waals surface area contributed by atoms with E-state index in [1.54, 1.807) is 20.9 Å². The maximum Gasteiger partial charge on any atom is 0.267 e. The first-order valence-corrected chi connectivity index (χ1v) is 8.61. The van der Waals surface area contributed by atoms with Crippen LogP contribution >= 0.6 is 0 Å². The average molecular weight is 321 g/mol. The molecule has 1 aromatic carbocycles. The fraction of sp³-hybridized carbons (Fsp3) is 0.438. The maximum absolute atomic E-state index is 13.0. The summed E-state index contributed by atoms with van der Waals surface area (Å²) in [6.45, 7) is 9.62. The van der Waals surface area contributed by atoms with Crippen molar-refractivity contribution in [2.45, 2.75) is 44.9 Å². The van der Waals surface area contributed by atoms with Crippen molar-refractivity contribution in [2.75, 3.05) is 11.4 Å². The van der Waals surface area contributed by atoms with Gasteiger partial charge in [0.05, 0.1) is 17.1 Å². The van der Waals surface area contributed by atoms with E-state index >= 15 is 0 Å². The smallest absolute Gasteiger partial charge is 0.267 e. The molecule has 5 nitrogen and oxygen atoms in total. The molecule has 0 aliphatic rings. The Balaban J connectivity index is 2.61. The Morgan fingerprint density at radius 2 is 1.73 bits per heavy atom. The predicted molar refractivity (Wildman–Crippen MR) is 88.8 cm³/mol. The number of aromatic amines is 1. The Hall–Kier alpha value is -1.82. The summed E-state index contributed by atoms with van der Waals surface area (Å²) < 4.78 is 27.3. The molecule has 120 valence electrons. The molecule has 0 spiro atoms. The van der Waals surface area contributed by atoms with Crippen LogP contribution in [0.5, 0.6) is 0 Å². The number of para-hydroxylation sites is 1. The summed E-state index contributed by atoms with van der Waals surface area (Å²) in [7, 11) is -2.06. The summed E-state index contributed by atoms with van der Waals surface area (Å²) in [5.41, 5.74) is 2.56. The topological polar surface area (TPSA) is 66.1 Å².